The number of amides is 1. The van der Waals surface area contributed by atoms with E-state index in [9.17, 15) is 14.4 Å². The Hall–Kier alpha value is -3.82. The summed E-state index contributed by atoms with van der Waals surface area (Å²) >= 11 is 0. The molecule has 1 saturated heterocycles. The topological polar surface area (TPSA) is 118 Å². The summed E-state index contributed by atoms with van der Waals surface area (Å²) in [6, 6.07) is 7.26. The van der Waals surface area contributed by atoms with Gasteiger partial charge in [-0.1, -0.05) is 6.07 Å². The Kier molecular flexibility index (Phi) is 4.61. The fourth-order valence-electron chi connectivity index (χ4n) is 4.27. The Balaban J connectivity index is 1.46. The predicted molar refractivity (Wildman–Crippen MR) is 113 cm³/mol. The van der Waals surface area contributed by atoms with Crippen LogP contribution in [0.4, 0.5) is 0 Å². The molecule has 0 bridgehead atoms. The van der Waals surface area contributed by atoms with E-state index in [1.807, 2.05) is 28.8 Å². The number of H-pyrrole nitrogens is 1. The zero-order valence-corrected chi connectivity index (χ0v) is 17.0. The van der Waals surface area contributed by atoms with Gasteiger partial charge < -0.3 is 4.90 Å². The van der Waals surface area contributed by atoms with E-state index in [0.717, 1.165) is 24.3 Å². The van der Waals surface area contributed by atoms with Crippen LogP contribution in [0, 0.1) is 0 Å². The number of nitrogens with one attached hydrogen (secondary N) is 1. The van der Waals surface area contributed by atoms with Crippen LogP contribution >= 0.6 is 0 Å². The third kappa shape index (κ3) is 3.20. The summed E-state index contributed by atoms with van der Waals surface area (Å²) in [6.45, 7) is 3.29. The standard InChI is InChI=1S/C21H21N7O3/c1-2-27-18-15(19(29)23-21(27)31)10-14(11-22-18)20(30)26-8-5-6-13(12-26)17-25-24-16-7-3-4-9-28(16)17/h3-4,7,9-11,13H,2,5-6,8,12H2,1H3,(H,23,29,31)/t13-/m0/s1. The van der Waals surface area contributed by atoms with Gasteiger partial charge in [0, 0.05) is 37.9 Å². The molecule has 1 aliphatic rings. The van der Waals surface area contributed by atoms with Crippen LogP contribution in [0.5, 0.6) is 0 Å². The molecule has 10 nitrogen and oxygen atoms in total. The summed E-state index contributed by atoms with van der Waals surface area (Å²) in [5, 5.41) is 8.80. The van der Waals surface area contributed by atoms with E-state index < -0.39 is 11.2 Å². The lowest BCUT2D eigenvalue weighted by Crippen LogP contribution is -2.39. The molecule has 0 radical (unpaired) electrons. The van der Waals surface area contributed by atoms with Gasteiger partial charge in [-0.05, 0) is 38.0 Å². The number of likely N-dealkylation sites (tertiary alicyclic amines) is 1. The van der Waals surface area contributed by atoms with Crippen LogP contribution in [0.1, 0.15) is 41.9 Å². The van der Waals surface area contributed by atoms with Crippen molar-refractivity contribution < 1.29 is 4.79 Å². The lowest BCUT2D eigenvalue weighted by molar-refractivity contribution is 0.0704. The highest BCUT2D eigenvalue weighted by Crippen LogP contribution is 2.27. The third-order valence-electron chi connectivity index (χ3n) is 5.81. The van der Waals surface area contributed by atoms with Gasteiger partial charge in [-0.25, -0.2) is 9.78 Å². The Morgan fingerprint density at radius 2 is 2.13 bits per heavy atom. The Bertz CT molecular complexity index is 1420. The van der Waals surface area contributed by atoms with Crippen LogP contribution in [0.3, 0.4) is 0 Å². The van der Waals surface area contributed by atoms with Gasteiger partial charge in [0.2, 0.25) is 0 Å². The van der Waals surface area contributed by atoms with Crippen molar-refractivity contribution in [2.75, 3.05) is 13.1 Å². The minimum absolute atomic E-state index is 0.0668. The molecule has 1 amide bonds. The van der Waals surface area contributed by atoms with Gasteiger partial charge in [0.1, 0.15) is 11.5 Å². The summed E-state index contributed by atoms with van der Waals surface area (Å²) < 4.78 is 3.33. The quantitative estimate of drug-likeness (QED) is 0.533. The molecule has 1 N–H and O–H groups in total. The number of aromatic nitrogens is 6. The van der Waals surface area contributed by atoms with Gasteiger partial charge in [0.15, 0.2) is 5.65 Å². The summed E-state index contributed by atoms with van der Waals surface area (Å²) in [5.41, 5.74) is 0.329. The molecule has 1 fully saturated rings. The Morgan fingerprint density at radius 3 is 2.97 bits per heavy atom. The summed E-state index contributed by atoms with van der Waals surface area (Å²) in [7, 11) is 0. The van der Waals surface area contributed by atoms with Crippen LogP contribution in [0.2, 0.25) is 0 Å². The number of hydrogen-bond donors (Lipinski definition) is 1. The highest BCUT2D eigenvalue weighted by Gasteiger charge is 2.29. The molecule has 5 heterocycles. The second-order valence-corrected chi connectivity index (χ2v) is 7.68. The highest BCUT2D eigenvalue weighted by molar-refractivity contribution is 5.96. The van der Waals surface area contributed by atoms with Crippen molar-refractivity contribution in [2.24, 2.45) is 0 Å². The maximum atomic E-state index is 13.2. The molecular formula is C21H21N7O3. The second kappa shape index (κ2) is 7.46. The average Bonchev–Trinajstić information content (AvgIpc) is 3.23. The van der Waals surface area contributed by atoms with Gasteiger partial charge in [0.05, 0.1) is 10.9 Å². The van der Waals surface area contributed by atoms with Crippen molar-refractivity contribution in [3.8, 4) is 0 Å². The number of pyridine rings is 2. The molecule has 0 aliphatic carbocycles. The van der Waals surface area contributed by atoms with Gasteiger partial charge in [-0.2, -0.15) is 0 Å². The number of piperidine rings is 1. The van der Waals surface area contributed by atoms with Crippen molar-refractivity contribution in [1.29, 1.82) is 0 Å². The average molecular weight is 419 g/mol. The molecule has 5 rings (SSSR count). The maximum absolute atomic E-state index is 13.2. The minimum Gasteiger partial charge on any atom is -0.338 e. The Labute approximate surface area is 176 Å². The van der Waals surface area contributed by atoms with E-state index >= 15 is 0 Å². The largest absolute Gasteiger partial charge is 0.338 e. The van der Waals surface area contributed by atoms with Crippen molar-refractivity contribution in [3.63, 3.8) is 0 Å². The number of hydrogen-bond acceptors (Lipinski definition) is 6. The van der Waals surface area contributed by atoms with Crippen molar-refractivity contribution in [2.45, 2.75) is 32.2 Å². The monoisotopic (exact) mass is 419 g/mol. The first-order valence-electron chi connectivity index (χ1n) is 10.3. The number of fused-ring (bicyclic) bond motifs is 2. The van der Waals surface area contributed by atoms with E-state index in [1.165, 1.54) is 16.8 Å². The number of rotatable bonds is 3. The van der Waals surface area contributed by atoms with Gasteiger partial charge in [-0.15, -0.1) is 10.2 Å². The summed E-state index contributed by atoms with van der Waals surface area (Å²) in [4.78, 5) is 45.8. The fourth-order valence-corrected chi connectivity index (χ4v) is 4.27. The van der Waals surface area contributed by atoms with E-state index in [4.69, 9.17) is 0 Å². The first kappa shape index (κ1) is 19.2. The smallest absolute Gasteiger partial charge is 0.329 e. The predicted octanol–water partition coefficient (Wildman–Crippen LogP) is 1.17. The van der Waals surface area contributed by atoms with Crippen LogP contribution in [0.25, 0.3) is 16.7 Å². The fraction of sp³-hybridized carbons (Fsp3) is 0.333. The molecule has 158 valence electrons. The first-order chi connectivity index (χ1) is 15.1. The maximum Gasteiger partial charge on any atom is 0.329 e. The normalized spacial score (nSPS) is 16.8. The number of aryl methyl sites for hydroxylation is 1. The van der Waals surface area contributed by atoms with Gasteiger partial charge >= 0.3 is 5.69 Å². The van der Waals surface area contributed by atoms with Crippen molar-refractivity contribution in [1.82, 2.24) is 34.0 Å². The lowest BCUT2D eigenvalue weighted by Gasteiger charge is -2.32. The second-order valence-electron chi connectivity index (χ2n) is 7.68. The van der Waals surface area contributed by atoms with Crippen molar-refractivity contribution >= 4 is 22.6 Å². The van der Waals surface area contributed by atoms with E-state index in [2.05, 4.69) is 20.2 Å². The SMILES string of the molecule is CCn1c(=O)[nH]c(=O)c2cc(C(=O)N3CCC[C@H](c4nnc5ccccn45)C3)cnc21. The zero-order chi connectivity index (χ0) is 21.5. The molecule has 0 spiro atoms. The lowest BCUT2D eigenvalue weighted by atomic mass is 9.96. The third-order valence-corrected chi connectivity index (χ3v) is 5.81. The van der Waals surface area contributed by atoms with Crippen LogP contribution in [-0.4, -0.2) is 53.0 Å². The molecule has 0 aromatic carbocycles. The van der Waals surface area contributed by atoms with Crippen LogP contribution < -0.4 is 11.2 Å². The highest BCUT2D eigenvalue weighted by atomic mass is 16.2. The molecule has 0 saturated carbocycles. The molecule has 10 heteroatoms. The number of aromatic amines is 1. The molecule has 1 atom stereocenters. The Morgan fingerprint density at radius 1 is 1.26 bits per heavy atom. The van der Waals surface area contributed by atoms with E-state index in [0.29, 0.717) is 25.2 Å². The summed E-state index contributed by atoms with van der Waals surface area (Å²) in [5.74, 6) is 0.715. The van der Waals surface area contributed by atoms with Crippen molar-refractivity contribution in [3.05, 3.63) is 68.9 Å². The molecule has 4 aromatic rings. The van der Waals surface area contributed by atoms with Crippen LogP contribution in [0.15, 0.2) is 46.2 Å². The number of nitrogens with zero attached hydrogens (tertiary/aromatic N) is 6. The van der Waals surface area contributed by atoms with Gasteiger partial charge in [-0.3, -0.25) is 23.5 Å². The molecule has 0 unspecified atom stereocenters. The molecular weight excluding hydrogens is 398 g/mol. The van der Waals surface area contributed by atoms with Gasteiger partial charge in [0.25, 0.3) is 11.5 Å². The minimum atomic E-state index is -0.543. The molecule has 31 heavy (non-hydrogen) atoms. The number of carbonyl (C=O) groups excluding carboxylic acids is 1. The molecule has 4 aromatic heterocycles. The summed E-state index contributed by atoms with van der Waals surface area (Å²) in [6.07, 6.45) is 5.12. The van der Waals surface area contributed by atoms with E-state index in [1.54, 1.807) is 11.8 Å². The zero-order valence-electron chi connectivity index (χ0n) is 17.0. The first-order valence-corrected chi connectivity index (χ1v) is 10.3. The molecule has 1 aliphatic heterocycles. The van der Waals surface area contributed by atoms with Crippen LogP contribution in [-0.2, 0) is 6.54 Å². The number of carbonyl (C=O) groups is 1. The van der Waals surface area contributed by atoms with E-state index in [-0.39, 0.29) is 22.9 Å².